The number of carbonyl (C=O) groups excluding carboxylic acids is 1. The van der Waals surface area contributed by atoms with E-state index in [2.05, 4.69) is 11.1 Å². The van der Waals surface area contributed by atoms with Gasteiger partial charge in [-0.05, 0) is 31.0 Å². The monoisotopic (exact) mass is 313 g/mol. The number of ether oxygens (including phenoxy) is 2. The molecule has 2 aromatic rings. The van der Waals surface area contributed by atoms with E-state index >= 15 is 0 Å². The molecule has 0 fully saturated rings. The molecular formula is C17H19N3O3. The number of nitriles is 1. The molecule has 120 valence electrons. The topological polar surface area (TPSA) is 77.1 Å². The first-order valence-corrected chi connectivity index (χ1v) is 7.43. The first-order valence-electron chi connectivity index (χ1n) is 7.43. The molecule has 0 saturated carbocycles. The Morgan fingerprint density at radius 1 is 1.43 bits per heavy atom. The summed E-state index contributed by atoms with van der Waals surface area (Å²) < 4.78 is 12.2. The molecule has 0 aliphatic rings. The number of nitrogens with zero attached hydrogens (tertiary/aromatic N) is 3. The third-order valence-electron chi connectivity index (χ3n) is 3.02. The molecule has 6 heteroatoms. The Kier molecular flexibility index (Phi) is 5.36. The zero-order valence-electron chi connectivity index (χ0n) is 13.4. The van der Waals surface area contributed by atoms with Gasteiger partial charge in [0.1, 0.15) is 18.1 Å². The summed E-state index contributed by atoms with van der Waals surface area (Å²) in [6.07, 6.45) is 3.08. The lowest BCUT2D eigenvalue weighted by Crippen LogP contribution is -2.06. The van der Waals surface area contributed by atoms with E-state index in [1.807, 2.05) is 19.9 Å². The predicted molar refractivity (Wildman–Crippen MR) is 84.6 cm³/mol. The summed E-state index contributed by atoms with van der Waals surface area (Å²) in [4.78, 5) is 15.7. The fraction of sp³-hybridized carbons (Fsp3) is 0.353. The minimum Gasteiger partial charge on any atom is -0.492 e. The van der Waals surface area contributed by atoms with E-state index in [9.17, 15) is 10.1 Å². The van der Waals surface area contributed by atoms with Crippen LogP contribution in [0.15, 0.2) is 30.7 Å². The van der Waals surface area contributed by atoms with Gasteiger partial charge in [0.25, 0.3) is 0 Å². The Labute approximate surface area is 135 Å². The summed E-state index contributed by atoms with van der Waals surface area (Å²) >= 11 is 0. The maximum Gasteiger partial charge on any atom is 0.358 e. The number of rotatable bonds is 6. The number of carbonyl (C=O) groups is 1. The molecule has 0 spiro atoms. The van der Waals surface area contributed by atoms with Crippen LogP contribution in [-0.2, 0) is 4.74 Å². The number of hydrogen-bond donors (Lipinski definition) is 0. The van der Waals surface area contributed by atoms with Gasteiger partial charge in [-0.25, -0.2) is 9.78 Å². The zero-order chi connectivity index (χ0) is 16.8. The van der Waals surface area contributed by atoms with Crippen LogP contribution in [0.25, 0.3) is 5.69 Å². The van der Waals surface area contributed by atoms with Gasteiger partial charge in [-0.3, -0.25) is 0 Å². The quantitative estimate of drug-likeness (QED) is 0.766. The van der Waals surface area contributed by atoms with Crippen LogP contribution >= 0.6 is 0 Å². The molecule has 23 heavy (non-hydrogen) atoms. The molecule has 1 aromatic heterocycles. The summed E-state index contributed by atoms with van der Waals surface area (Å²) in [5, 5.41) is 9.29. The fourth-order valence-electron chi connectivity index (χ4n) is 1.92. The molecule has 2 rings (SSSR count). The lowest BCUT2D eigenvalue weighted by Gasteiger charge is -2.11. The van der Waals surface area contributed by atoms with Gasteiger partial charge >= 0.3 is 5.97 Å². The van der Waals surface area contributed by atoms with Crippen molar-refractivity contribution in [1.82, 2.24) is 9.55 Å². The van der Waals surface area contributed by atoms with Gasteiger partial charge in [-0.2, -0.15) is 5.26 Å². The van der Waals surface area contributed by atoms with Gasteiger partial charge in [0.15, 0.2) is 5.69 Å². The van der Waals surface area contributed by atoms with Crippen molar-refractivity contribution >= 4 is 5.97 Å². The van der Waals surface area contributed by atoms with Crippen LogP contribution in [0.4, 0.5) is 0 Å². The van der Waals surface area contributed by atoms with Crippen molar-refractivity contribution in [3.63, 3.8) is 0 Å². The van der Waals surface area contributed by atoms with Crippen molar-refractivity contribution in [1.29, 1.82) is 5.26 Å². The first kappa shape index (κ1) is 16.6. The van der Waals surface area contributed by atoms with Crippen LogP contribution in [0, 0.1) is 17.2 Å². The molecule has 0 aliphatic heterocycles. The molecule has 1 heterocycles. The number of benzene rings is 1. The normalized spacial score (nSPS) is 10.4. The van der Waals surface area contributed by atoms with Crippen molar-refractivity contribution in [3.8, 4) is 17.5 Å². The van der Waals surface area contributed by atoms with Gasteiger partial charge in [0.05, 0.1) is 18.8 Å². The molecular weight excluding hydrogens is 294 g/mol. The van der Waals surface area contributed by atoms with E-state index in [1.54, 1.807) is 29.8 Å². The van der Waals surface area contributed by atoms with E-state index in [1.165, 1.54) is 6.33 Å². The van der Waals surface area contributed by atoms with Crippen LogP contribution in [0.5, 0.6) is 5.75 Å². The second-order valence-electron chi connectivity index (χ2n) is 5.38. The summed E-state index contributed by atoms with van der Waals surface area (Å²) in [5.74, 6) is 0.460. The van der Waals surface area contributed by atoms with E-state index in [0.29, 0.717) is 30.4 Å². The zero-order valence-corrected chi connectivity index (χ0v) is 13.4. The average Bonchev–Trinajstić information content (AvgIpc) is 3.03. The van der Waals surface area contributed by atoms with Crippen molar-refractivity contribution in [3.05, 3.63) is 42.0 Å². The predicted octanol–water partition coefficient (Wildman–Crippen LogP) is 2.96. The molecule has 0 bridgehead atoms. The van der Waals surface area contributed by atoms with Gasteiger partial charge in [-0.15, -0.1) is 0 Å². The molecule has 0 unspecified atom stereocenters. The maximum atomic E-state index is 11.6. The Hall–Kier alpha value is -2.81. The number of aromatic nitrogens is 2. The van der Waals surface area contributed by atoms with Crippen molar-refractivity contribution in [2.24, 2.45) is 5.92 Å². The Balaban J connectivity index is 2.24. The summed E-state index contributed by atoms with van der Waals surface area (Å²) in [7, 11) is 0. The summed E-state index contributed by atoms with van der Waals surface area (Å²) in [6, 6.07) is 7.39. The number of imidazole rings is 1. The largest absolute Gasteiger partial charge is 0.492 e. The van der Waals surface area contributed by atoms with E-state index in [4.69, 9.17) is 9.47 Å². The lowest BCUT2D eigenvalue weighted by atomic mass is 10.2. The highest BCUT2D eigenvalue weighted by atomic mass is 16.5. The maximum absolute atomic E-state index is 11.6. The molecule has 0 atom stereocenters. The molecule has 0 amide bonds. The summed E-state index contributed by atoms with van der Waals surface area (Å²) in [5.41, 5.74) is 1.39. The van der Waals surface area contributed by atoms with Crippen molar-refractivity contribution in [2.75, 3.05) is 13.2 Å². The second-order valence-corrected chi connectivity index (χ2v) is 5.38. The molecule has 0 N–H and O–H groups in total. The van der Waals surface area contributed by atoms with E-state index in [0.717, 1.165) is 5.69 Å². The minimum atomic E-state index is -0.469. The van der Waals surface area contributed by atoms with Crippen LogP contribution in [0.2, 0.25) is 0 Å². The molecule has 1 aromatic carbocycles. The molecule has 0 saturated heterocycles. The Bertz CT molecular complexity index is 729. The summed E-state index contributed by atoms with van der Waals surface area (Å²) in [6.45, 7) is 6.67. The van der Waals surface area contributed by atoms with Crippen LogP contribution < -0.4 is 4.74 Å². The van der Waals surface area contributed by atoms with Gasteiger partial charge in [-0.1, -0.05) is 13.8 Å². The molecule has 0 radical (unpaired) electrons. The van der Waals surface area contributed by atoms with Gasteiger partial charge in [0, 0.05) is 11.9 Å². The highest BCUT2D eigenvalue weighted by molar-refractivity contribution is 5.87. The third-order valence-corrected chi connectivity index (χ3v) is 3.02. The Morgan fingerprint density at radius 3 is 2.87 bits per heavy atom. The van der Waals surface area contributed by atoms with Crippen LogP contribution in [0.3, 0.4) is 0 Å². The van der Waals surface area contributed by atoms with Crippen molar-refractivity contribution in [2.45, 2.75) is 20.8 Å². The third kappa shape index (κ3) is 4.10. The van der Waals surface area contributed by atoms with E-state index in [-0.39, 0.29) is 5.69 Å². The van der Waals surface area contributed by atoms with E-state index < -0.39 is 5.97 Å². The standard InChI is InChI=1S/C17H19N3O3/c1-4-22-17(21)15-9-20(11-19-15)14-5-6-16(13(7-14)8-18)23-10-12(2)3/h5-7,9,11-12H,4,10H2,1-3H3. The molecule has 6 nitrogen and oxygen atoms in total. The SMILES string of the molecule is CCOC(=O)c1cn(-c2ccc(OCC(C)C)c(C#N)c2)cn1. The highest BCUT2D eigenvalue weighted by Gasteiger charge is 2.12. The van der Waals surface area contributed by atoms with Crippen molar-refractivity contribution < 1.29 is 14.3 Å². The van der Waals surface area contributed by atoms with Crippen LogP contribution in [-0.4, -0.2) is 28.7 Å². The smallest absolute Gasteiger partial charge is 0.358 e. The van der Waals surface area contributed by atoms with Crippen LogP contribution in [0.1, 0.15) is 36.8 Å². The Morgan fingerprint density at radius 2 is 2.22 bits per heavy atom. The van der Waals surface area contributed by atoms with Gasteiger partial charge in [0.2, 0.25) is 0 Å². The fourth-order valence-corrected chi connectivity index (χ4v) is 1.92. The average molecular weight is 313 g/mol. The first-order chi connectivity index (χ1) is 11.0. The number of esters is 1. The lowest BCUT2D eigenvalue weighted by molar-refractivity contribution is 0.0520. The minimum absolute atomic E-state index is 0.227. The highest BCUT2D eigenvalue weighted by Crippen LogP contribution is 2.22. The number of hydrogen-bond acceptors (Lipinski definition) is 5. The second kappa shape index (κ2) is 7.45. The molecule has 0 aliphatic carbocycles. The van der Waals surface area contributed by atoms with Gasteiger partial charge < -0.3 is 14.0 Å².